The molecule has 1 heterocycles. The average Bonchev–Trinajstić information content (AvgIpc) is 2.42. The molecule has 0 aliphatic carbocycles. The molecule has 0 amide bonds. The predicted molar refractivity (Wildman–Crippen MR) is 76.9 cm³/mol. The zero-order chi connectivity index (χ0) is 14.7. The number of nitrogens with zero attached hydrogens (tertiary/aromatic N) is 1. The summed E-state index contributed by atoms with van der Waals surface area (Å²) < 4.78 is 10.2. The molecule has 0 saturated carbocycles. The lowest BCUT2D eigenvalue weighted by Gasteiger charge is -2.17. The van der Waals surface area contributed by atoms with Crippen LogP contribution in [0.3, 0.4) is 0 Å². The molecule has 2 aromatic rings. The van der Waals surface area contributed by atoms with Gasteiger partial charge in [-0.15, -0.1) is 0 Å². The summed E-state index contributed by atoms with van der Waals surface area (Å²) in [4.78, 5) is 24.5. The first-order chi connectivity index (χ1) is 9.51. The third kappa shape index (κ3) is 2.99. The Morgan fingerprint density at radius 1 is 1.35 bits per heavy atom. The van der Waals surface area contributed by atoms with Crippen molar-refractivity contribution in [1.29, 1.82) is 0 Å². The second-order valence-corrected chi connectivity index (χ2v) is 4.57. The van der Waals surface area contributed by atoms with E-state index in [1.165, 1.54) is 13.0 Å². The molecule has 0 unspecified atom stereocenters. The van der Waals surface area contributed by atoms with Crippen LogP contribution in [0.15, 0.2) is 33.5 Å². The third-order valence-corrected chi connectivity index (χ3v) is 3.16. The van der Waals surface area contributed by atoms with Crippen LogP contribution in [0.2, 0.25) is 0 Å². The van der Waals surface area contributed by atoms with Crippen molar-refractivity contribution >= 4 is 22.6 Å². The highest BCUT2D eigenvalue weighted by atomic mass is 16.5. The molecule has 0 saturated heterocycles. The van der Waals surface area contributed by atoms with Crippen molar-refractivity contribution < 1.29 is 13.9 Å². The Labute approximate surface area is 116 Å². The first-order valence-corrected chi connectivity index (χ1v) is 6.42. The van der Waals surface area contributed by atoms with E-state index in [2.05, 4.69) is 0 Å². The monoisotopic (exact) mass is 275 g/mol. The lowest BCUT2D eigenvalue weighted by molar-refractivity contribution is -0.142. The Hall–Kier alpha value is -2.30. The van der Waals surface area contributed by atoms with Gasteiger partial charge in [0.1, 0.15) is 12.2 Å². The van der Waals surface area contributed by atoms with Gasteiger partial charge < -0.3 is 14.1 Å². The lowest BCUT2D eigenvalue weighted by atomic mass is 10.1. The number of carbonyl (C=O) groups excluding carboxylic acids is 1. The molecule has 1 aromatic carbocycles. The zero-order valence-corrected chi connectivity index (χ0v) is 11.8. The van der Waals surface area contributed by atoms with Gasteiger partial charge in [0, 0.05) is 49.3 Å². The number of hydrogen-bond acceptors (Lipinski definition) is 5. The van der Waals surface area contributed by atoms with Crippen molar-refractivity contribution in [2.24, 2.45) is 0 Å². The van der Waals surface area contributed by atoms with E-state index in [1.807, 2.05) is 37.1 Å². The van der Waals surface area contributed by atoms with Gasteiger partial charge in [0.05, 0.1) is 0 Å². The average molecular weight is 275 g/mol. The number of esters is 1. The molecule has 0 fully saturated rings. The third-order valence-electron chi connectivity index (χ3n) is 3.16. The highest BCUT2D eigenvalue weighted by Gasteiger charge is 2.09. The van der Waals surface area contributed by atoms with Gasteiger partial charge in [-0.25, -0.2) is 4.79 Å². The molecule has 0 spiro atoms. The SMILES string of the molecule is CCN(C)c1ccc2c(COC(C)=O)cc(=O)oc2c1. The number of hydrogen-bond donors (Lipinski definition) is 0. The summed E-state index contributed by atoms with van der Waals surface area (Å²) >= 11 is 0. The molecule has 20 heavy (non-hydrogen) atoms. The van der Waals surface area contributed by atoms with Crippen LogP contribution >= 0.6 is 0 Å². The lowest BCUT2D eigenvalue weighted by Crippen LogP contribution is -2.15. The minimum atomic E-state index is -0.448. The van der Waals surface area contributed by atoms with Gasteiger partial charge in [-0.2, -0.15) is 0 Å². The van der Waals surface area contributed by atoms with Gasteiger partial charge in [-0.05, 0) is 19.1 Å². The van der Waals surface area contributed by atoms with Crippen LogP contribution in [0.4, 0.5) is 5.69 Å². The Morgan fingerprint density at radius 2 is 2.10 bits per heavy atom. The van der Waals surface area contributed by atoms with Crippen LogP contribution in [0.25, 0.3) is 11.0 Å². The molecule has 0 aliphatic rings. The first-order valence-electron chi connectivity index (χ1n) is 6.42. The quantitative estimate of drug-likeness (QED) is 0.633. The minimum absolute atomic E-state index is 0.0698. The van der Waals surface area contributed by atoms with Gasteiger partial charge in [0.15, 0.2) is 0 Å². The van der Waals surface area contributed by atoms with Crippen molar-refractivity contribution in [1.82, 2.24) is 0 Å². The molecule has 2 rings (SSSR count). The summed E-state index contributed by atoms with van der Waals surface area (Å²) in [5.74, 6) is -0.381. The maximum Gasteiger partial charge on any atom is 0.336 e. The smallest absolute Gasteiger partial charge is 0.336 e. The Bertz CT molecular complexity index is 690. The molecule has 5 heteroatoms. The van der Waals surface area contributed by atoms with Crippen molar-refractivity contribution in [3.63, 3.8) is 0 Å². The van der Waals surface area contributed by atoms with E-state index in [9.17, 15) is 9.59 Å². The van der Waals surface area contributed by atoms with Crippen LogP contribution in [-0.4, -0.2) is 19.6 Å². The van der Waals surface area contributed by atoms with Gasteiger partial charge in [0.2, 0.25) is 0 Å². The standard InChI is InChI=1S/C15H17NO4/c1-4-16(3)12-5-6-13-11(9-19-10(2)17)7-15(18)20-14(13)8-12/h5-8H,4,9H2,1-3H3. The largest absolute Gasteiger partial charge is 0.461 e. The number of carbonyl (C=O) groups is 1. The fourth-order valence-electron chi connectivity index (χ4n) is 1.94. The van der Waals surface area contributed by atoms with Crippen molar-refractivity contribution in [2.75, 3.05) is 18.5 Å². The number of anilines is 1. The fraction of sp³-hybridized carbons (Fsp3) is 0.333. The highest BCUT2D eigenvalue weighted by Crippen LogP contribution is 2.23. The summed E-state index contributed by atoms with van der Waals surface area (Å²) in [5.41, 5.74) is 1.67. The van der Waals surface area contributed by atoms with Gasteiger partial charge >= 0.3 is 11.6 Å². The van der Waals surface area contributed by atoms with Crippen LogP contribution in [0.1, 0.15) is 19.4 Å². The zero-order valence-electron chi connectivity index (χ0n) is 11.8. The number of fused-ring (bicyclic) bond motifs is 1. The molecular formula is C15H17NO4. The summed E-state index contributed by atoms with van der Waals surface area (Å²) in [6.07, 6.45) is 0. The Kier molecular flexibility index (Phi) is 4.08. The fourth-order valence-corrected chi connectivity index (χ4v) is 1.94. The van der Waals surface area contributed by atoms with Crippen LogP contribution in [-0.2, 0) is 16.1 Å². The van der Waals surface area contributed by atoms with E-state index in [1.54, 1.807) is 0 Å². The van der Waals surface area contributed by atoms with Gasteiger partial charge in [-0.1, -0.05) is 0 Å². The molecule has 0 bridgehead atoms. The molecule has 0 aliphatic heterocycles. The maximum absolute atomic E-state index is 11.6. The molecule has 1 aromatic heterocycles. The van der Waals surface area contributed by atoms with E-state index >= 15 is 0 Å². The van der Waals surface area contributed by atoms with Crippen LogP contribution in [0, 0.1) is 0 Å². The Morgan fingerprint density at radius 3 is 2.75 bits per heavy atom. The maximum atomic E-state index is 11.6. The number of benzene rings is 1. The summed E-state index contributed by atoms with van der Waals surface area (Å²) in [7, 11) is 1.96. The molecule has 0 N–H and O–H groups in total. The number of rotatable bonds is 4. The summed E-state index contributed by atoms with van der Waals surface area (Å²) in [6, 6.07) is 6.99. The Balaban J connectivity index is 2.49. The van der Waals surface area contributed by atoms with Gasteiger partial charge in [-0.3, -0.25) is 4.79 Å². The van der Waals surface area contributed by atoms with Crippen molar-refractivity contribution in [3.05, 3.63) is 40.2 Å². The van der Waals surface area contributed by atoms with Crippen LogP contribution < -0.4 is 10.5 Å². The van der Waals surface area contributed by atoms with E-state index in [4.69, 9.17) is 9.15 Å². The van der Waals surface area contributed by atoms with Gasteiger partial charge in [0.25, 0.3) is 0 Å². The highest BCUT2D eigenvalue weighted by molar-refractivity contribution is 5.83. The molecule has 0 radical (unpaired) electrons. The van der Waals surface area contributed by atoms with E-state index in [0.717, 1.165) is 17.6 Å². The molecule has 0 atom stereocenters. The second-order valence-electron chi connectivity index (χ2n) is 4.57. The van der Waals surface area contributed by atoms with E-state index in [0.29, 0.717) is 11.1 Å². The minimum Gasteiger partial charge on any atom is -0.461 e. The van der Waals surface area contributed by atoms with Crippen molar-refractivity contribution in [3.8, 4) is 0 Å². The summed E-state index contributed by atoms with van der Waals surface area (Å²) in [6.45, 7) is 4.29. The van der Waals surface area contributed by atoms with E-state index < -0.39 is 5.63 Å². The predicted octanol–water partition coefficient (Wildman–Crippen LogP) is 2.31. The first kappa shape index (κ1) is 14.1. The summed E-state index contributed by atoms with van der Waals surface area (Å²) in [5, 5.41) is 0.777. The molecule has 106 valence electrons. The van der Waals surface area contributed by atoms with E-state index in [-0.39, 0.29) is 12.6 Å². The second kappa shape index (κ2) is 5.77. The number of ether oxygens (including phenoxy) is 1. The van der Waals surface area contributed by atoms with Crippen LogP contribution in [0.5, 0.6) is 0 Å². The molecule has 5 nitrogen and oxygen atoms in total. The molecular weight excluding hydrogens is 258 g/mol. The van der Waals surface area contributed by atoms with Crippen molar-refractivity contribution in [2.45, 2.75) is 20.5 Å². The normalized spacial score (nSPS) is 10.6. The topological polar surface area (TPSA) is 59.8 Å².